The van der Waals surface area contributed by atoms with E-state index in [1.165, 1.54) is 12.1 Å². The molecular weight excluding hydrogens is 340 g/mol. The van der Waals surface area contributed by atoms with E-state index in [-0.39, 0.29) is 10.9 Å². The van der Waals surface area contributed by atoms with Crippen LogP contribution in [0, 0.1) is 0 Å². The Kier molecular flexibility index (Phi) is 4.47. The van der Waals surface area contributed by atoms with Crippen molar-refractivity contribution >= 4 is 31.6 Å². The zero-order valence-electron chi connectivity index (χ0n) is 10.9. The molecule has 0 aromatic heterocycles. The number of hydrogen-bond acceptors (Lipinski definition) is 3. The number of benzene rings is 2. The molecule has 0 fully saturated rings. The van der Waals surface area contributed by atoms with Crippen LogP contribution in [0.5, 0.6) is 0 Å². The number of nitrogens with one attached hydrogen (secondary N) is 1. The Hall–Kier alpha value is -1.37. The monoisotopic (exact) mass is 354 g/mol. The van der Waals surface area contributed by atoms with Crippen LogP contribution in [0.2, 0.25) is 0 Å². The van der Waals surface area contributed by atoms with Crippen LogP contribution in [0.1, 0.15) is 18.5 Å². The van der Waals surface area contributed by atoms with E-state index in [4.69, 9.17) is 5.73 Å². The topological polar surface area (TPSA) is 72.2 Å². The summed E-state index contributed by atoms with van der Waals surface area (Å²) < 4.78 is 27.9. The molecule has 0 heterocycles. The molecule has 2 aromatic carbocycles. The van der Waals surface area contributed by atoms with Crippen molar-refractivity contribution in [3.8, 4) is 0 Å². The lowest BCUT2D eigenvalue weighted by molar-refractivity contribution is 0.567. The third kappa shape index (κ3) is 3.39. The maximum atomic E-state index is 12.3. The summed E-state index contributed by atoms with van der Waals surface area (Å²) in [6.07, 6.45) is 0. The molecule has 0 aliphatic heterocycles. The van der Waals surface area contributed by atoms with E-state index in [9.17, 15) is 8.42 Å². The first-order chi connectivity index (χ1) is 9.40. The highest BCUT2D eigenvalue weighted by Crippen LogP contribution is 2.24. The number of nitrogens with two attached hydrogens (primary N) is 1. The third-order valence-electron chi connectivity index (χ3n) is 2.91. The molecule has 1 unspecified atom stereocenters. The number of halogens is 1. The van der Waals surface area contributed by atoms with Gasteiger partial charge in [0, 0.05) is 16.2 Å². The van der Waals surface area contributed by atoms with E-state index in [0.29, 0.717) is 10.2 Å². The van der Waals surface area contributed by atoms with E-state index in [1.807, 2.05) is 30.3 Å². The molecule has 0 aliphatic rings. The Bertz CT molecular complexity index is 702. The summed E-state index contributed by atoms with van der Waals surface area (Å²) in [5.74, 6) is 0. The molecule has 0 radical (unpaired) electrons. The first-order valence-corrected chi connectivity index (χ1v) is 8.30. The molecule has 0 spiro atoms. The quantitative estimate of drug-likeness (QED) is 0.828. The van der Waals surface area contributed by atoms with Gasteiger partial charge in [0.15, 0.2) is 0 Å². The maximum Gasteiger partial charge on any atom is 0.241 e. The van der Waals surface area contributed by atoms with Crippen LogP contribution in [0.3, 0.4) is 0 Å². The van der Waals surface area contributed by atoms with Crippen molar-refractivity contribution in [3.05, 3.63) is 58.6 Å². The van der Waals surface area contributed by atoms with Gasteiger partial charge in [0.1, 0.15) is 0 Å². The number of nitrogen functional groups attached to an aromatic ring is 1. The van der Waals surface area contributed by atoms with Gasteiger partial charge in [-0.05, 0) is 46.6 Å². The van der Waals surface area contributed by atoms with Crippen molar-refractivity contribution in [1.29, 1.82) is 0 Å². The molecule has 2 rings (SSSR count). The molecule has 20 heavy (non-hydrogen) atoms. The van der Waals surface area contributed by atoms with Gasteiger partial charge in [-0.3, -0.25) is 0 Å². The largest absolute Gasteiger partial charge is 0.398 e. The fourth-order valence-electron chi connectivity index (χ4n) is 1.80. The summed E-state index contributed by atoms with van der Waals surface area (Å²) in [5, 5.41) is 0. The Morgan fingerprint density at radius 2 is 1.80 bits per heavy atom. The van der Waals surface area contributed by atoms with Gasteiger partial charge in [-0.1, -0.05) is 30.3 Å². The molecule has 3 N–H and O–H groups in total. The fourth-order valence-corrected chi connectivity index (χ4v) is 3.31. The lowest BCUT2D eigenvalue weighted by atomic mass is 10.1. The minimum Gasteiger partial charge on any atom is -0.398 e. The van der Waals surface area contributed by atoms with Gasteiger partial charge in [-0.2, -0.15) is 0 Å². The SMILES string of the molecule is CC(NS(=O)(=O)c1ccc(Br)c(N)c1)c1ccccc1. The van der Waals surface area contributed by atoms with Gasteiger partial charge in [-0.15, -0.1) is 0 Å². The highest BCUT2D eigenvalue weighted by atomic mass is 79.9. The second-order valence-electron chi connectivity index (χ2n) is 4.44. The second kappa shape index (κ2) is 5.95. The second-order valence-corrected chi connectivity index (χ2v) is 7.01. The lowest BCUT2D eigenvalue weighted by Gasteiger charge is -2.15. The molecule has 0 saturated carbocycles. The summed E-state index contributed by atoms with van der Waals surface area (Å²) >= 11 is 3.24. The number of sulfonamides is 1. The normalized spacial score (nSPS) is 13.1. The zero-order valence-corrected chi connectivity index (χ0v) is 13.3. The van der Waals surface area contributed by atoms with Gasteiger partial charge in [-0.25, -0.2) is 13.1 Å². The van der Waals surface area contributed by atoms with Crippen LogP contribution in [-0.2, 0) is 10.0 Å². The predicted molar refractivity (Wildman–Crippen MR) is 83.7 cm³/mol. The van der Waals surface area contributed by atoms with Crippen LogP contribution in [-0.4, -0.2) is 8.42 Å². The van der Waals surface area contributed by atoms with E-state index in [1.54, 1.807) is 13.0 Å². The van der Waals surface area contributed by atoms with E-state index >= 15 is 0 Å². The highest BCUT2D eigenvalue weighted by Gasteiger charge is 2.18. The smallest absolute Gasteiger partial charge is 0.241 e. The molecule has 0 amide bonds. The number of anilines is 1. The molecule has 0 saturated heterocycles. The summed E-state index contributed by atoms with van der Waals surface area (Å²) in [6.45, 7) is 1.80. The van der Waals surface area contributed by atoms with Gasteiger partial charge >= 0.3 is 0 Å². The number of hydrogen-bond donors (Lipinski definition) is 2. The standard InChI is InChI=1S/C14H15BrN2O2S/c1-10(11-5-3-2-4-6-11)17-20(18,19)12-7-8-13(15)14(16)9-12/h2-10,17H,16H2,1H3. The molecule has 0 bridgehead atoms. The van der Waals surface area contributed by atoms with E-state index in [0.717, 1.165) is 5.56 Å². The minimum absolute atomic E-state index is 0.154. The van der Waals surface area contributed by atoms with E-state index < -0.39 is 10.0 Å². The summed E-state index contributed by atoms with van der Waals surface area (Å²) in [4.78, 5) is 0.154. The molecule has 4 nitrogen and oxygen atoms in total. The van der Waals surface area contributed by atoms with Crippen molar-refractivity contribution in [2.45, 2.75) is 17.9 Å². The van der Waals surface area contributed by atoms with Crippen molar-refractivity contribution in [2.75, 3.05) is 5.73 Å². The van der Waals surface area contributed by atoms with Crippen molar-refractivity contribution < 1.29 is 8.42 Å². The van der Waals surface area contributed by atoms with Gasteiger partial charge < -0.3 is 5.73 Å². The highest BCUT2D eigenvalue weighted by molar-refractivity contribution is 9.10. The van der Waals surface area contributed by atoms with Gasteiger partial charge in [0.2, 0.25) is 10.0 Å². The Balaban J connectivity index is 2.25. The average Bonchev–Trinajstić information content (AvgIpc) is 2.42. The molecule has 2 aromatic rings. The van der Waals surface area contributed by atoms with Crippen LogP contribution < -0.4 is 10.5 Å². The first kappa shape index (κ1) is 15.0. The summed E-state index contributed by atoms with van der Waals surface area (Å²) in [5.41, 5.74) is 7.01. The molecule has 6 heteroatoms. The van der Waals surface area contributed by atoms with Crippen molar-refractivity contribution in [1.82, 2.24) is 4.72 Å². The third-order valence-corrected chi connectivity index (χ3v) is 5.17. The first-order valence-electron chi connectivity index (χ1n) is 6.02. The Labute approximate surface area is 127 Å². The zero-order chi connectivity index (χ0) is 14.8. The van der Waals surface area contributed by atoms with Crippen LogP contribution in [0.4, 0.5) is 5.69 Å². The minimum atomic E-state index is -3.60. The van der Waals surface area contributed by atoms with Crippen LogP contribution >= 0.6 is 15.9 Å². The molecule has 106 valence electrons. The average molecular weight is 355 g/mol. The van der Waals surface area contributed by atoms with Gasteiger partial charge in [0.25, 0.3) is 0 Å². The van der Waals surface area contributed by atoms with Crippen LogP contribution in [0.15, 0.2) is 57.9 Å². The van der Waals surface area contributed by atoms with E-state index in [2.05, 4.69) is 20.7 Å². The predicted octanol–water partition coefficient (Wildman–Crippen LogP) is 3.07. The number of rotatable bonds is 4. The summed E-state index contributed by atoms with van der Waals surface area (Å²) in [6, 6.07) is 13.6. The summed E-state index contributed by atoms with van der Waals surface area (Å²) in [7, 11) is -3.60. The van der Waals surface area contributed by atoms with Crippen LogP contribution in [0.25, 0.3) is 0 Å². The maximum absolute atomic E-state index is 12.3. The fraction of sp³-hybridized carbons (Fsp3) is 0.143. The Morgan fingerprint density at radius 3 is 2.40 bits per heavy atom. The molecule has 1 atom stereocenters. The molecular formula is C14H15BrN2O2S. The Morgan fingerprint density at radius 1 is 1.15 bits per heavy atom. The lowest BCUT2D eigenvalue weighted by Crippen LogP contribution is -2.26. The van der Waals surface area contributed by atoms with Crippen molar-refractivity contribution in [3.63, 3.8) is 0 Å². The van der Waals surface area contributed by atoms with Crippen molar-refractivity contribution in [2.24, 2.45) is 0 Å². The molecule has 0 aliphatic carbocycles. The van der Waals surface area contributed by atoms with Gasteiger partial charge in [0.05, 0.1) is 4.90 Å².